The molecule has 1 amide bonds. The van der Waals surface area contributed by atoms with Crippen molar-refractivity contribution >= 4 is 22.9 Å². The number of carbonyl (C=O) groups excluding carboxylic acids is 1. The molecule has 3 rings (SSSR count). The van der Waals surface area contributed by atoms with Gasteiger partial charge in [0.05, 0.1) is 6.54 Å². The van der Waals surface area contributed by atoms with Crippen LogP contribution in [0.1, 0.15) is 28.6 Å². The molecule has 3 nitrogen and oxygen atoms in total. The number of hydrogen-bond donors (Lipinski definition) is 1. The molecule has 1 aromatic heterocycles. The predicted octanol–water partition coefficient (Wildman–Crippen LogP) is 3.97. The summed E-state index contributed by atoms with van der Waals surface area (Å²) in [5.74, 6) is -0.434. The second-order valence-electron chi connectivity index (χ2n) is 5.64. The summed E-state index contributed by atoms with van der Waals surface area (Å²) in [5.41, 5.74) is 0.507. The minimum atomic E-state index is -0.342. The molecule has 1 N–H and O–H groups in total. The number of likely N-dealkylation sites (tertiary alicyclic amines) is 1. The molecule has 0 spiro atoms. The molecule has 1 atom stereocenters. The lowest BCUT2D eigenvalue weighted by Gasteiger charge is -2.22. The third-order valence-electron chi connectivity index (χ3n) is 3.91. The van der Waals surface area contributed by atoms with E-state index in [1.165, 1.54) is 21.9 Å². The highest BCUT2D eigenvalue weighted by Crippen LogP contribution is 2.35. The Morgan fingerprint density at radius 1 is 1.41 bits per heavy atom. The van der Waals surface area contributed by atoms with Gasteiger partial charge in [-0.25, -0.2) is 4.39 Å². The van der Waals surface area contributed by atoms with Gasteiger partial charge in [0.2, 0.25) is 5.91 Å². The average Bonchev–Trinajstić information content (AvgIpc) is 3.07. The highest BCUT2D eigenvalue weighted by molar-refractivity contribution is 7.12. The van der Waals surface area contributed by atoms with E-state index >= 15 is 0 Å². The van der Waals surface area contributed by atoms with Crippen LogP contribution in [0.2, 0.25) is 0 Å². The van der Waals surface area contributed by atoms with Crippen LogP contribution in [0, 0.1) is 12.7 Å². The zero-order valence-corrected chi connectivity index (χ0v) is 13.3. The minimum absolute atomic E-state index is 0.0919. The second-order valence-corrected chi connectivity index (χ2v) is 6.95. The Bertz CT molecular complexity index is 670. The summed E-state index contributed by atoms with van der Waals surface area (Å²) in [7, 11) is 0. The summed E-state index contributed by atoms with van der Waals surface area (Å²) in [6, 6.07) is 10.6. The Morgan fingerprint density at radius 2 is 2.27 bits per heavy atom. The maximum atomic E-state index is 13.1. The standard InChI is InChI=1S/C17H19FN2OS/c1-12-7-8-16(22-12)15-6-3-9-20(15)11-17(21)19-14-5-2-4-13(18)10-14/h2,4-5,7-8,10,15H,3,6,9,11H2,1H3,(H,19,21). The molecule has 0 saturated carbocycles. The molecule has 1 saturated heterocycles. The first-order valence-electron chi connectivity index (χ1n) is 7.47. The number of nitrogens with one attached hydrogen (secondary N) is 1. The number of rotatable bonds is 4. The third-order valence-corrected chi connectivity index (χ3v) is 5.01. The van der Waals surface area contributed by atoms with E-state index in [1.54, 1.807) is 23.5 Å². The van der Waals surface area contributed by atoms with Gasteiger partial charge < -0.3 is 5.32 Å². The molecule has 0 aliphatic carbocycles. The van der Waals surface area contributed by atoms with Crippen LogP contribution in [0.25, 0.3) is 0 Å². The zero-order chi connectivity index (χ0) is 15.5. The van der Waals surface area contributed by atoms with Crippen LogP contribution in [0.4, 0.5) is 10.1 Å². The van der Waals surface area contributed by atoms with Gasteiger partial charge in [-0.05, 0) is 56.6 Å². The normalized spacial score (nSPS) is 18.5. The van der Waals surface area contributed by atoms with E-state index in [9.17, 15) is 9.18 Å². The van der Waals surface area contributed by atoms with Crippen LogP contribution in [-0.2, 0) is 4.79 Å². The number of thiophene rings is 1. The van der Waals surface area contributed by atoms with E-state index < -0.39 is 0 Å². The third kappa shape index (κ3) is 3.54. The first-order valence-corrected chi connectivity index (χ1v) is 8.29. The first-order chi connectivity index (χ1) is 10.6. The molecule has 116 valence electrons. The van der Waals surface area contributed by atoms with Crippen molar-refractivity contribution in [3.63, 3.8) is 0 Å². The minimum Gasteiger partial charge on any atom is -0.325 e. The van der Waals surface area contributed by atoms with Gasteiger partial charge in [0, 0.05) is 21.5 Å². The van der Waals surface area contributed by atoms with Gasteiger partial charge in [-0.1, -0.05) is 6.07 Å². The number of carbonyl (C=O) groups is 1. The number of amides is 1. The van der Waals surface area contributed by atoms with Crippen molar-refractivity contribution in [2.75, 3.05) is 18.4 Å². The molecule has 5 heteroatoms. The largest absolute Gasteiger partial charge is 0.325 e. The van der Waals surface area contributed by atoms with Gasteiger partial charge in [0.15, 0.2) is 0 Å². The molecule has 22 heavy (non-hydrogen) atoms. The number of anilines is 1. The second kappa shape index (κ2) is 6.58. The summed E-state index contributed by atoms with van der Waals surface area (Å²) >= 11 is 1.80. The van der Waals surface area contributed by atoms with Gasteiger partial charge in [0.25, 0.3) is 0 Å². The maximum Gasteiger partial charge on any atom is 0.238 e. The molecule has 1 aliphatic heterocycles. The molecule has 2 aromatic rings. The van der Waals surface area contributed by atoms with E-state index in [2.05, 4.69) is 29.3 Å². The summed E-state index contributed by atoms with van der Waals surface area (Å²) in [5, 5.41) is 2.77. The van der Waals surface area contributed by atoms with Crippen molar-refractivity contribution in [3.8, 4) is 0 Å². The average molecular weight is 318 g/mol. The molecular formula is C17H19FN2OS. The van der Waals surface area contributed by atoms with Crippen LogP contribution in [0.5, 0.6) is 0 Å². The summed E-state index contributed by atoms with van der Waals surface area (Å²) in [4.78, 5) is 17.0. The maximum absolute atomic E-state index is 13.1. The van der Waals surface area contributed by atoms with Crippen LogP contribution in [0.15, 0.2) is 36.4 Å². The van der Waals surface area contributed by atoms with Gasteiger partial charge in [-0.2, -0.15) is 0 Å². The number of benzene rings is 1. The quantitative estimate of drug-likeness (QED) is 0.925. The van der Waals surface area contributed by atoms with E-state index in [1.807, 2.05) is 0 Å². The zero-order valence-electron chi connectivity index (χ0n) is 12.5. The van der Waals surface area contributed by atoms with E-state index in [0.29, 0.717) is 18.3 Å². The van der Waals surface area contributed by atoms with E-state index in [0.717, 1.165) is 19.4 Å². The molecule has 1 unspecified atom stereocenters. The van der Waals surface area contributed by atoms with Crippen molar-refractivity contribution < 1.29 is 9.18 Å². The fourth-order valence-corrected chi connectivity index (χ4v) is 3.97. The molecule has 2 heterocycles. The fraction of sp³-hybridized carbons (Fsp3) is 0.353. The molecule has 1 fully saturated rings. The number of halogens is 1. The number of aryl methyl sites for hydroxylation is 1. The van der Waals surface area contributed by atoms with Gasteiger partial charge in [0.1, 0.15) is 5.82 Å². The highest BCUT2D eigenvalue weighted by Gasteiger charge is 2.28. The Balaban J connectivity index is 1.63. The van der Waals surface area contributed by atoms with Crippen LogP contribution >= 0.6 is 11.3 Å². The Hall–Kier alpha value is -1.72. The Kier molecular flexibility index (Phi) is 4.55. The fourth-order valence-electron chi connectivity index (χ4n) is 2.92. The smallest absolute Gasteiger partial charge is 0.238 e. The van der Waals surface area contributed by atoms with Crippen LogP contribution < -0.4 is 5.32 Å². The molecule has 0 radical (unpaired) electrons. The van der Waals surface area contributed by atoms with Gasteiger partial charge >= 0.3 is 0 Å². The van der Waals surface area contributed by atoms with Crippen molar-refractivity contribution in [2.45, 2.75) is 25.8 Å². The SMILES string of the molecule is Cc1ccc(C2CCCN2CC(=O)Nc2cccc(F)c2)s1. The number of nitrogens with zero attached hydrogens (tertiary/aromatic N) is 1. The van der Waals surface area contributed by atoms with Crippen molar-refractivity contribution in [3.05, 3.63) is 52.0 Å². The van der Waals surface area contributed by atoms with Crippen molar-refractivity contribution in [1.82, 2.24) is 4.90 Å². The molecule has 1 aromatic carbocycles. The summed E-state index contributed by atoms with van der Waals surface area (Å²) in [6.45, 7) is 3.38. The summed E-state index contributed by atoms with van der Waals surface area (Å²) < 4.78 is 13.1. The van der Waals surface area contributed by atoms with Gasteiger partial charge in [-0.3, -0.25) is 9.69 Å². The van der Waals surface area contributed by atoms with Crippen LogP contribution in [-0.4, -0.2) is 23.9 Å². The topological polar surface area (TPSA) is 32.3 Å². The molecular weight excluding hydrogens is 299 g/mol. The van der Waals surface area contributed by atoms with Crippen molar-refractivity contribution in [2.24, 2.45) is 0 Å². The van der Waals surface area contributed by atoms with Crippen molar-refractivity contribution in [1.29, 1.82) is 0 Å². The molecule has 1 aliphatic rings. The Labute approximate surface area is 133 Å². The lowest BCUT2D eigenvalue weighted by molar-refractivity contribution is -0.117. The van der Waals surface area contributed by atoms with E-state index in [4.69, 9.17) is 0 Å². The van der Waals surface area contributed by atoms with Crippen LogP contribution in [0.3, 0.4) is 0 Å². The number of hydrogen-bond acceptors (Lipinski definition) is 3. The summed E-state index contributed by atoms with van der Waals surface area (Å²) in [6.07, 6.45) is 2.20. The highest BCUT2D eigenvalue weighted by atomic mass is 32.1. The van der Waals surface area contributed by atoms with E-state index in [-0.39, 0.29) is 11.7 Å². The molecule has 0 bridgehead atoms. The monoisotopic (exact) mass is 318 g/mol. The lowest BCUT2D eigenvalue weighted by Crippen LogP contribution is -2.32. The Morgan fingerprint density at radius 3 is 3.00 bits per heavy atom. The van der Waals surface area contributed by atoms with Gasteiger partial charge in [-0.15, -0.1) is 11.3 Å². The first kappa shape index (κ1) is 15.2. The lowest BCUT2D eigenvalue weighted by atomic mass is 10.2. The predicted molar refractivity (Wildman–Crippen MR) is 87.6 cm³/mol.